The van der Waals surface area contributed by atoms with Crippen molar-refractivity contribution in [3.8, 4) is 11.5 Å². The second-order valence-electron chi connectivity index (χ2n) is 9.56. The number of hydrogen-bond donors (Lipinski definition) is 3. The monoisotopic (exact) mass is 665 g/mol. The zero-order chi connectivity index (χ0) is 33.3. The second kappa shape index (κ2) is 12.8. The van der Waals surface area contributed by atoms with E-state index in [0.29, 0.717) is 4.57 Å². The van der Waals surface area contributed by atoms with Gasteiger partial charge in [-0.3, -0.25) is 23.7 Å². The van der Waals surface area contributed by atoms with Gasteiger partial charge < -0.3 is 20.3 Å². The Morgan fingerprint density at radius 3 is 2.49 bits per heavy atom. The standard InChI is InChI=1S/C25H25F5N5O9P/c1-13(14-3-8-17(35(38)39)18(11-14)42-16-6-4-15(5-7-16)25(28,29)30)44-45(40,32-2)41-12-19-21(36)24(26,27)22(43-19)34-10-9-20(31)33-23(34)37/h3-11,13,19,21-22,36H,12H2,1-2H3,(H,32,40)(H2,31,33,37). The number of aliphatic hydroxyl groups excluding tert-OH is 1. The topological polar surface area (TPSA) is 190 Å². The predicted octanol–water partition coefficient (Wildman–Crippen LogP) is 4.56. The predicted molar refractivity (Wildman–Crippen MR) is 145 cm³/mol. The molecule has 20 heteroatoms. The van der Waals surface area contributed by atoms with Crippen molar-refractivity contribution >= 4 is 19.3 Å². The molecule has 0 radical (unpaired) electrons. The summed E-state index contributed by atoms with van der Waals surface area (Å²) in [4.78, 5) is 26.2. The van der Waals surface area contributed by atoms with E-state index in [2.05, 4.69) is 10.1 Å². The lowest BCUT2D eigenvalue weighted by atomic mass is 10.1. The minimum Gasteiger partial charge on any atom is -0.450 e. The van der Waals surface area contributed by atoms with Crippen LogP contribution in [0.5, 0.6) is 11.5 Å². The highest BCUT2D eigenvalue weighted by atomic mass is 31.2. The van der Waals surface area contributed by atoms with E-state index in [1.807, 2.05) is 0 Å². The fraction of sp³-hybridized carbons (Fsp3) is 0.360. The van der Waals surface area contributed by atoms with Crippen LogP contribution in [0.1, 0.15) is 30.4 Å². The molecule has 1 aliphatic heterocycles. The highest BCUT2D eigenvalue weighted by Crippen LogP contribution is 2.50. The zero-order valence-electron chi connectivity index (χ0n) is 23.2. The molecule has 2 heterocycles. The van der Waals surface area contributed by atoms with E-state index in [4.69, 9.17) is 24.3 Å². The van der Waals surface area contributed by atoms with Crippen molar-refractivity contribution in [1.29, 1.82) is 0 Å². The van der Waals surface area contributed by atoms with Gasteiger partial charge in [0.05, 0.1) is 23.2 Å². The van der Waals surface area contributed by atoms with Crippen LogP contribution < -0.4 is 21.2 Å². The van der Waals surface area contributed by atoms with Crippen LogP contribution in [0, 0.1) is 10.1 Å². The fourth-order valence-electron chi connectivity index (χ4n) is 4.15. The first kappa shape index (κ1) is 33.9. The number of benzene rings is 2. The maximum Gasteiger partial charge on any atom is 0.416 e. The van der Waals surface area contributed by atoms with E-state index in [0.717, 1.165) is 55.7 Å². The smallest absolute Gasteiger partial charge is 0.416 e. The van der Waals surface area contributed by atoms with Crippen LogP contribution in [0.3, 0.4) is 0 Å². The molecule has 2 aromatic carbocycles. The number of nitro benzene ring substituents is 1. The number of alkyl halides is 5. The summed E-state index contributed by atoms with van der Waals surface area (Å²) in [6.45, 7) is 0.458. The second-order valence-corrected chi connectivity index (χ2v) is 11.5. The molecule has 244 valence electrons. The van der Waals surface area contributed by atoms with Crippen LogP contribution >= 0.6 is 7.75 Å². The highest BCUT2D eigenvalue weighted by Gasteiger charge is 2.60. The van der Waals surface area contributed by atoms with Gasteiger partial charge in [0.15, 0.2) is 6.10 Å². The zero-order valence-corrected chi connectivity index (χ0v) is 24.1. The number of ether oxygens (including phenoxy) is 2. The molecule has 0 amide bonds. The molecule has 5 unspecified atom stereocenters. The van der Waals surface area contributed by atoms with Crippen molar-refractivity contribution in [2.45, 2.75) is 43.6 Å². The molecule has 0 spiro atoms. The molecule has 1 aromatic heterocycles. The lowest BCUT2D eigenvalue weighted by Gasteiger charge is -2.24. The lowest BCUT2D eigenvalue weighted by molar-refractivity contribution is -0.385. The summed E-state index contributed by atoms with van der Waals surface area (Å²) >= 11 is 0. The summed E-state index contributed by atoms with van der Waals surface area (Å²) in [5.41, 5.74) is 2.84. The van der Waals surface area contributed by atoms with Crippen LogP contribution in [0.4, 0.5) is 33.5 Å². The number of hydrogen-bond acceptors (Lipinski definition) is 11. The highest BCUT2D eigenvalue weighted by molar-refractivity contribution is 7.51. The number of halogens is 5. The first-order valence-electron chi connectivity index (χ1n) is 12.8. The van der Waals surface area contributed by atoms with Crippen molar-refractivity contribution in [2.75, 3.05) is 19.4 Å². The molecule has 1 fully saturated rings. The molecule has 45 heavy (non-hydrogen) atoms. The summed E-state index contributed by atoms with van der Waals surface area (Å²) in [5.74, 6) is -4.76. The lowest BCUT2D eigenvalue weighted by Crippen LogP contribution is -2.42. The maximum atomic E-state index is 14.8. The van der Waals surface area contributed by atoms with Crippen molar-refractivity contribution in [3.63, 3.8) is 0 Å². The van der Waals surface area contributed by atoms with Gasteiger partial charge in [-0.25, -0.2) is 14.4 Å². The fourth-order valence-corrected chi connectivity index (χ4v) is 5.33. The molecule has 4 N–H and O–H groups in total. The van der Waals surface area contributed by atoms with Crippen LogP contribution in [-0.2, 0) is 24.5 Å². The number of nitrogens with two attached hydrogens (primary N) is 1. The minimum absolute atomic E-state index is 0.139. The van der Waals surface area contributed by atoms with E-state index < -0.39 is 72.9 Å². The Morgan fingerprint density at radius 1 is 1.24 bits per heavy atom. The summed E-state index contributed by atoms with van der Waals surface area (Å²) in [7, 11) is -3.19. The van der Waals surface area contributed by atoms with E-state index in [1.54, 1.807) is 0 Å². The largest absolute Gasteiger partial charge is 0.450 e. The van der Waals surface area contributed by atoms with Gasteiger partial charge >= 0.3 is 31.2 Å². The number of nitrogens with zero attached hydrogens (tertiary/aromatic N) is 3. The van der Waals surface area contributed by atoms with Gasteiger partial charge in [-0.05, 0) is 62.0 Å². The van der Waals surface area contributed by atoms with Gasteiger partial charge in [0.25, 0.3) is 0 Å². The van der Waals surface area contributed by atoms with Gasteiger partial charge in [-0.1, -0.05) is 0 Å². The van der Waals surface area contributed by atoms with Gasteiger partial charge in [-0.15, -0.1) is 0 Å². The number of nitro groups is 1. The van der Waals surface area contributed by atoms with Gasteiger partial charge in [0, 0.05) is 12.3 Å². The van der Waals surface area contributed by atoms with Crippen LogP contribution in [0.25, 0.3) is 0 Å². The molecular formula is C25H25F5N5O9P. The van der Waals surface area contributed by atoms with Crippen LogP contribution in [0.15, 0.2) is 59.5 Å². The van der Waals surface area contributed by atoms with Crippen molar-refractivity contribution in [2.24, 2.45) is 0 Å². The summed E-state index contributed by atoms with van der Waals surface area (Å²) in [6.07, 6.45) is -11.5. The minimum atomic E-state index is -4.61. The van der Waals surface area contributed by atoms with E-state index in [-0.39, 0.29) is 22.9 Å². The first-order chi connectivity index (χ1) is 20.9. The number of aliphatic hydroxyl groups is 1. The molecule has 1 aliphatic rings. The summed E-state index contributed by atoms with van der Waals surface area (Å²) in [6, 6.07) is 7.85. The molecule has 5 atom stereocenters. The molecular weight excluding hydrogens is 640 g/mol. The molecule has 4 rings (SSSR count). The van der Waals surface area contributed by atoms with E-state index in [1.165, 1.54) is 13.0 Å². The van der Waals surface area contributed by atoms with Crippen molar-refractivity contribution in [1.82, 2.24) is 14.6 Å². The van der Waals surface area contributed by atoms with E-state index in [9.17, 15) is 46.5 Å². The number of rotatable bonds is 11. The quantitative estimate of drug-likeness (QED) is 0.112. The number of nitrogens with one attached hydrogen (secondary N) is 1. The van der Waals surface area contributed by atoms with E-state index >= 15 is 0 Å². The number of anilines is 1. The summed E-state index contributed by atoms with van der Waals surface area (Å²) in [5, 5.41) is 24.0. The van der Waals surface area contributed by atoms with Crippen LogP contribution in [0.2, 0.25) is 0 Å². The Bertz CT molecular complexity index is 1660. The van der Waals surface area contributed by atoms with Crippen molar-refractivity contribution in [3.05, 3.63) is 86.5 Å². The average molecular weight is 665 g/mol. The third-order valence-electron chi connectivity index (χ3n) is 6.52. The Balaban J connectivity index is 1.48. The molecule has 1 saturated heterocycles. The normalized spacial score (nSPS) is 21.6. The number of nitrogen functional groups attached to an aromatic ring is 1. The van der Waals surface area contributed by atoms with Gasteiger partial charge in [-0.2, -0.15) is 26.9 Å². The molecule has 0 aliphatic carbocycles. The average Bonchev–Trinajstić information content (AvgIpc) is 3.19. The maximum absolute atomic E-state index is 14.8. The third-order valence-corrected chi connectivity index (χ3v) is 8.15. The third kappa shape index (κ3) is 7.46. The Morgan fingerprint density at radius 2 is 1.91 bits per heavy atom. The Labute approximate surface area is 250 Å². The first-order valence-corrected chi connectivity index (χ1v) is 14.3. The van der Waals surface area contributed by atoms with Gasteiger partial charge in [0.1, 0.15) is 17.7 Å². The van der Waals surface area contributed by atoms with Gasteiger partial charge in [0.2, 0.25) is 12.0 Å². The Hall–Kier alpha value is -4.00. The molecule has 14 nitrogen and oxygen atoms in total. The number of aromatic nitrogens is 2. The van der Waals surface area contributed by atoms with Crippen LogP contribution in [-0.4, -0.2) is 51.4 Å². The molecule has 0 saturated carbocycles. The Kier molecular flexibility index (Phi) is 9.62. The molecule has 0 bridgehead atoms. The van der Waals surface area contributed by atoms with Crippen molar-refractivity contribution < 1.29 is 55.1 Å². The molecule has 3 aromatic rings. The SMILES string of the molecule is CNP(=O)(OCC1OC(n2ccc(N)nc2=O)C(F)(F)C1O)OC(C)c1ccc([N+](=O)[O-])c(Oc2ccc(C(F)(F)F)cc2)c1. The summed E-state index contributed by atoms with van der Waals surface area (Å²) < 4.78 is 103.